The molecule has 0 bridgehead atoms. The third-order valence-corrected chi connectivity index (χ3v) is 12.6. The Morgan fingerprint density at radius 1 is 0.875 bits per heavy atom. The van der Waals surface area contributed by atoms with Crippen LogP contribution in [0.1, 0.15) is 65.2 Å². The predicted molar refractivity (Wildman–Crippen MR) is 88.4 cm³/mol. The Bertz CT molecular complexity index is 155. The summed E-state index contributed by atoms with van der Waals surface area (Å²) in [7, 11) is -0.875. The van der Waals surface area contributed by atoms with Crippen molar-refractivity contribution in [2.75, 3.05) is 0 Å². The minimum Gasteiger partial charge on any atom is -0.0863 e. The van der Waals surface area contributed by atoms with E-state index in [1.165, 1.54) is 57.4 Å². The van der Waals surface area contributed by atoms with Gasteiger partial charge >= 0.3 is 0 Å². The fourth-order valence-electron chi connectivity index (χ4n) is 1.91. The molecule has 0 rings (SSSR count). The lowest BCUT2D eigenvalue weighted by atomic mass is 10.1. The van der Waals surface area contributed by atoms with Crippen LogP contribution in [0.5, 0.6) is 0 Å². The van der Waals surface area contributed by atoms with Gasteiger partial charge in [-0.1, -0.05) is 107 Å². The highest BCUT2D eigenvalue weighted by molar-refractivity contribution is 14.1. The van der Waals surface area contributed by atoms with Crippen molar-refractivity contribution < 1.29 is 0 Å². The molecule has 0 heterocycles. The van der Waals surface area contributed by atoms with Gasteiger partial charge in [-0.15, -0.1) is 0 Å². The molecule has 0 saturated heterocycles. The summed E-state index contributed by atoms with van der Waals surface area (Å²) in [5, 5.41) is 0. The summed E-state index contributed by atoms with van der Waals surface area (Å²) >= 11 is 2.63. The van der Waals surface area contributed by atoms with Crippen LogP contribution in [-0.2, 0) is 0 Å². The van der Waals surface area contributed by atoms with E-state index in [9.17, 15) is 0 Å². The molecule has 1 unspecified atom stereocenters. The molecule has 98 valence electrons. The molecule has 0 aromatic rings. The van der Waals surface area contributed by atoms with Gasteiger partial charge < -0.3 is 0 Å². The van der Waals surface area contributed by atoms with E-state index in [4.69, 9.17) is 0 Å². The molecule has 0 aliphatic rings. The lowest BCUT2D eigenvalue weighted by molar-refractivity contribution is 0.584. The molecular formula is C14H31ISi. The Morgan fingerprint density at radius 2 is 1.31 bits per heavy atom. The van der Waals surface area contributed by atoms with Gasteiger partial charge in [0.15, 0.2) is 0 Å². The van der Waals surface area contributed by atoms with Crippen LogP contribution < -0.4 is 0 Å². The summed E-state index contributed by atoms with van der Waals surface area (Å²) in [6.07, 6.45) is 11.6. The van der Waals surface area contributed by atoms with Gasteiger partial charge in [0.2, 0.25) is 0 Å². The molecule has 0 aliphatic heterocycles. The smallest absolute Gasteiger partial charge is 0.0612 e. The van der Waals surface area contributed by atoms with E-state index in [0.717, 1.165) is 3.55 Å². The van der Waals surface area contributed by atoms with Gasteiger partial charge in [0.25, 0.3) is 0 Å². The molecule has 0 amide bonds. The van der Waals surface area contributed by atoms with Crippen molar-refractivity contribution in [3.05, 3.63) is 0 Å². The second-order valence-electron chi connectivity index (χ2n) is 5.83. The third-order valence-electron chi connectivity index (χ3n) is 3.75. The molecule has 0 nitrogen and oxygen atoms in total. The maximum absolute atomic E-state index is 2.63. The van der Waals surface area contributed by atoms with E-state index >= 15 is 0 Å². The molecule has 0 aliphatic carbocycles. The maximum atomic E-state index is 2.63. The Kier molecular flexibility index (Phi) is 10.5. The van der Waals surface area contributed by atoms with Gasteiger partial charge in [-0.25, -0.2) is 0 Å². The molecule has 0 saturated carbocycles. The maximum Gasteiger partial charge on any atom is 0.0612 e. The lowest BCUT2D eigenvalue weighted by Crippen LogP contribution is -2.35. The van der Waals surface area contributed by atoms with Crippen LogP contribution in [0.4, 0.5) is 0 Å². The summed E-state index contributed by atoms with van der Waals surface area (Å²) in [6, 6.07) is 1.53. The zero-order valence-corrected chi connectivity index (χ0v) is 15.0. The Hall–Kier alpha value is 0.947. The molecule has 0 N–H and O–H groups in total. The fraction of sp³-hybridized carbons (Fsp3) is 1.00. The first-order chi connectivity index (χ1) is 7.50. The van der Waals surface area contributed by atoms with Gasteiger partial charge in [0, 0.05) is 3.55 Å². The molecule has 0 fully saturated rings. The highest BCUT2D eigenvalue weighted by Gasteiger charge is 2.25. The quantitative estimate of drug-likeness (QED) is 0.190. The second kappa shape index (κ2) is 9.92. The lowest BCUT2D eigenvalue weighted by Gasteiger charge is -2.25. The zero-order valence-electron chi connectivity index (χ0n) is 11.8. The van der Waals surface area contributed by atoms with Gasteiger partial charge in [-0.3, -0.25) is 0 Å². The van der Waals surface area contributed by atoms with E-state index in [2.05, 4.69) is 49.5 Å². The third kappa shape index (κ3) is 9.03. The van der Waals surface area contributed by atoms with Crippen LogP contribution in [0.25, 0.3) is 0 Å². The number of hydrogen-bond acceptors (Lipinski definition) is 0. The molecule has 0 radical (unpaired) electrons. The van der Waals surface area contributed by atoms with Crippen molar-refractivity contribution in [1.29, 1.82) is 0 Å². The van der Waals surface area contributed by atoms with Crippen molar-refractivity contribution >= 4 is 30.7 Å². The SMILES string of the molecule is CCCCCCCCCC[Si](C)(C)C(C)I. The largest absolute Gasteiger partial charge is 0.0863 e. The van der Waals surface area contributed by atoms with Gasteiger partial charge in [0.05, 0.1) is 8.07 Å². The van der Waals surface area contributed by atoms with Crippen LogP contribution >= 0.6 is 22.6 Å². The van der Waals surface area contributed by atoms with E-state index in [0.29, 0.717) is 0 Å². The molecule has 16 heavy (non-hydrogen) atoms. The fourth-order valence-corrected chi connectivity index (χ4v) is 4.41. The molecule has 0 aromatic heterocycles. The Labute approximate surface area is 118 Å². The van der Waals surface area contributed by atoms with E-state index in [-0.39, 0.29) is 0 Å². The summed E-state index contributed by atoms with van der Waals surface area (Å²) in [5.41, 5.74) is 0. The van der Waals surface area contributed by atoms with E-state index in [1.54, 1.807) is 0 Å². The molecule has 0 aromatic carbocycles. The molecular weight excluding hydrogens is 323 g/mol. The van der Waals surface area contributed by atoms with Crippen molar-refractivity contribution in [2.24, 2.45) is 0 Å². The van der Waals surface area contributed by atoms with Crippen molar-refractivity contribution in [1.82, 2.24) is 0 Å². The zero-order chi connectivity index (χ0) is 12.4. The van der Waals surface area contributed by atoms with Crippen LogP contribution in [0.15, 0.2) is 0 Å². The highest BCUT2D eigenvalue weighted by Crippen LogP contribution is 2.24. The normalized spacial score (nSPS) is 14.1. The van der Waals surface area contributed by atoms with Crippen molar-refractivity contribution in [2.45, 2.75) is 87.9 Å². The first kappa shape index (κ1) is 16.9. The number of hydrogen-bond donors (Lipinski definition) is 0. The summed E-state index contributed by atoms with van der Waals surface area (Å²) in [4.78, 5) is 0. The average Bonchev–Trinajstić information content (AvgIpc) is 2.21. The number of unbranched alkanes of at least 4 members (excludes halogenated alkanes) is 7. The molecule has 2 heteroatoms. The van der Waals surface area contributed by atoms with Crippen LogP contribution in [0.2, 0.25) is 19.1 Å². The van der Waals surface area contributed by atoms with Gasteiger partial charge in [0.1, 0.15) is 0 Å². The summed E-state index contributed by atoms with van der Waals surface area (Å²) < 4.78 is 0.926. The number of rotatable bonds is 10. The molecule has 1 atom stereocenters. The standard InChI is InChI=1S/C14H31ISi/c1-5-6-7-8-9-10-11-12-13-16(3,4)14(2)15/h14H,5-13H2,1-4H3. The highest BCUT2D eigenvalue weighted by atomic mass is 127. The minimum absolute atomic E-state index is 0.875. The van der Waals surface area contributed by atoms with E-state index in [1.807, 2.05) is 0 Å². The monoisotopic (exact) mass is 354 g/mol. The summed E-state index contributed by atoms with van der Waals surface area (Å²) in [5.74, 6) is 0. The second-order valence-corrected chi connectivity index (χ2v) is 14.2. The average molecular weight is 354 g/mol. The molecule has 0 spiro atoms. The number of halogens is 1. The van der Waals surface area contributed by atoms with E-state index < -0.39 is 8.07 Å². The number of alkyl halides is 1. The topological polar surface area (TPSA) is 0 Å². The first-order valence-corrected chi connectivity index (χ1v) is 11.7. The van der Waals surface area contributed by atoms with Gasteiger partial charge in [-0.2, -0.15) is 0 Å². The van der Waals surface area contributed by atoms with Crippen molar-refractivity contribution in [3.8, 4) is 0 Å². The summed E-state index contributed by atoms with van der Waals surface area (Å²) in [6.45, 7) is 9.78. The Balaban J connectivity index is 3.27. The van der Waals surface area contributed by atoms with Crippen molar-refractivity contribution in [3.63, 3.8) is 0 Å². The predicted octanol–water partition coefficient (Wildman–Crippen LogP) is 6.20. The first-order valence-electron chi connectivity index (χ1n) is 7.14. The van der Waals surface area contributed by atoms with Gasteiger partial charge in [-0.05, 0) is 0 Å². The Morgan fingerprint density at radius 3 is 1.75 bits per heavy atom. The van der Waals surface area contributed by atoms with Crippen LogP contribution in [0, 0.1) is 0 Å². The van der Waals surface area contributed by atoms with Crippen LogP contribution in [0.3, 0.4) is 0 Å². The van der Waals surface area contributed by atoms with Crippen LogP contribution in [-0.4, -0.2) is 11.6 Å². The minimum atomic E-state index is -0.875.